The monoisotopic (exact) mass is 286 g/mol. The van der Waals surface area contributed by atoms with Crippen LogP contribution in [0.4, 0.5) is 5.82 Å². The number of carbonyl (C=O) groups is 2. The maximum Gasteiger partial charge on any atom is 0.374 e. The lowest BCUT2D eigenvalue weighted by Crippen LogP contribution is -2.41. The SMILES string of the molecule is NC(=O)C1CCCN1c1nc(C(=O)O)nc2ccccc12. The molecular formula is C14H14N4O3. The number of nitrogens with zero attached hydrogens (tertiary/aromatic N) is 3. The van der Waals surface area contributed by atoms with Gasteiger partial charge in [0, 0.05) is 11.9 Å². The second-order valence-electron chi connectivity index (χ2n) is 4.95. The van der Waals surface area contributed by atoms with Gasteiger partial charge >= 0.3 is 5.97 Å². The summed E-state index contributed by atoms with van der Waals surface area (Å²) in [6.07, 6.45) is 1.46. The molecule has 7 nitrogen and oxygen atoms in total. The maximum absolute atomic E-state index is 11.6. The number of primary amides is 1. The molecule has 0 saturated carbocycles. The van der Waals surface area contributed by atoms with Crippen LogP contribution in [0.15, 0.2) is 24.3 Å². The summed E-state index contributed by atoms with van der Waals surface area (Å²) in [7, 11) is 0. The Hall–Kier alpha value is -2.70. The van der Waals surface area contributed by atoms with Crippen molar-refractivity contribution in [2.45, 2.75) is 18.9 Å². The minimum atomic E-state index is -1.20. The van der Waals surface area contributed by atoms with Gasteiger partial charge < -0.3 is 15.7 Å². The highest BCUT2D eigenvalue weighted by atomic mass is 16.4. The Morgan fingerprint density at radius 3 is 2.76 bits per heavy atom. The highest BCUT2D eigenvalue weighted by Crippen LogP contribution is 2.30. The molecule has 0 bridgehead atoms. The average Bonchev–Trinajstić information content (AvgIpc) is 2.95. The van der Waals surface area contributed by atoms with E-state index in [1.54, 1.807) is 17.0 Å². The van der Waals surface area contributed by atoms with Gasteiger partial charge in [0.2, 0.25) is 11.7 Å². The van der Waals surface area contributed by atoms with Crippen molar-refractivity contribution in [3.63, 3.8) is 0 Å². The summed E-state index contributed by atoms with van der Waals surface area (Å²) >= 11 is 0. The first kappa shape index (κ1) is 13.3. The van der Waals surface area contributed by atoms with Gasteiger partial charge in [-0.2, -0.15) is 0 Å². The molecule has 3 N–H and O–H groups in total. The van der Waals surface area contributed by atoms with Crippen LogP contribution in [0, 0.1) is 0 Å². The second kappa shape index (κ2) is 5.01. The first-order valence-electron chi connectivity index (χ1n) is 6.64. The van der Waals surface area contributed by atoms with Crippen LogP contribution in [0.25, 0.3) is 10.9 Å². The molecule has 1 aliphatic rings. The molecular weight excluding hydrogens is 272 g/mol. The standard InChI is InChI=1S/C14H14N4O3/c15-11(19)10-6-3-7-18(10)13-8-4-1-2-5-9(8)16-12(17-13)14(20)21/h1-2,4-5,10H,3,6-7H2,(H2,15,19)(H,20,21). The number of benzene rings is 1. The molecule has 2 heterocycles. The molecule has 21 heavy (non-hydrogen) atoms. The number of carboxylic acids is 1. The Balaban J connectivity index is 2.20. The Labute approximate surface area is 120 Å². The van der Waals surface area contributed by atoms with Crippen molar-refractivity contribution >= 4 is 28.6 Å². The Morgan fingerprint density at radius 1 is 1.29 bits per heavy atom. The predicted octanol–water partition coefficient (Wildman–Crippen LogP) is 0.782. The highest BCUT2D eigenvalue weighted by Gasteiger charge is 2.31. The summed E-state index contributed by atoms with van der Waals surface area (Å²) in [5.74, 6) is -1.44. The number of aromatic nitrogens is 2. The fourth-order valence-corrected chi connectivity index (χ4v) is 2.69. The third kappa shape index (κ3) is 2.26. The molecule has 1 unspecified atom stereocenters. The van der Waals surface area contributed by atoms with E-state index in [0.717, 1.165) is 11.8 Å². The van der Waals surface area contributed by atoms with Gasteiger partial charge in [0.05, 0.1) is 5.52 Å². The van der Waals surface area contributed by atoms with Crippen molar-refractivity contribution in [1.82, 2.24) is 9.97 Å². The molecule has 0 radical (unpaired) electrons. The number of para-hydroxylation sites is 1. The van der Waals surface area contributed by atoms with E-state index < -0.39 is 17.9 Å². The Morgan fingerprint density at radius 2 is 2.05 bits per heavy atom. The van der Waals surface area contributed by atoms with Crippen LogP contribution in [-0.4, -0.2) is 39.5 Å². The number of fused-ring (bicyclic) bond motifs is 1. The first-order chi connectivity index (χ1) is 10.1. The van der Waals surface area contributed by atoms with Crippen molar-refractivity contribution in [3.05, 3.63) is 30.1 Å². The number of aromatic carboxylic acids is 1. The summed E-state index contributed by atoms with van der Waals surface area (Å²) in [6, 6.07) is 6.69. The van der Waals surface area contributed by atoms with Gasteiger partial charge in [-0.25, -0.2) is 14.8 Å². The molecule has 1 aromatic carbocycles. The van der Waals surface area contributed by atoms with E-state index in [2.05, 4.69) is 9.97 Å². The number of hydrogen-bond donors (Lipinski definition) is 2. The summed E-state index contributed by atoms with van der Waals surface area (Å²) in [6.45, 7) is 0.619. The van der Waals surface area contributed by atoms with Crippen LogP contribution in [0.2, 0.25) is 0 Å². The third-order valence-corrected chi connectivity index (χ3v) is 3.63. The molecule has 1 atom stereocenters. The molecule has 1 saturated heterocycles. The molecule has 0 spiro atoms. The average molecular weight is 286 g/mol. The molecule has 108 valence electrons. The van der Waals surface area contributed by atoms with Crippen molar-refractivity contribution < 1.29 is 14.7 Å². The van der Waals surface area contributed by atoms with Gasteiger partial charge in [0.25, 0.3) is 0 Å². The zero-order chi connectivity index (χ0) is 15.0. The molecule has 1 amide bonds. The van der Waals surface area contributed by atoms with Crippen LogP contribution >= 0.6 is 0 Å². The van der Waals surface area contributed by atoms with Crippen LogP contribution in [0.1, 0.15) is 23.5 Å². The van der Waals surface area contributed by atoms with E-state index in [0.29, 0.717) is 24.3 Å². The van der Waals surface area contributed by atoms with Crippen LogP contribution in [0.5, 0.6) is 0 Å². The minimum Gasteiger partial charge on any atom is -0.475 e. The van der Waals surface area contributed by atoms with Gasteiger partial charge in [0.15, 0.2) is 0 Å². The van der Waals surface area contributed by atoms with Gasteiger partial charge in [-0.3, -0.25) is 4.79 Å². The normalized spacial score (nSPS) is 18.1. The van der Waals surface area contributed by atoms with Crippen LogP contribution in [0.3, 0.4) is 0 Å². The van der Waals surface area contributed by atoms with E-state index in [1.165, 1.54) is 0 Å². The van der Waals surface area contributed by atoms with E-state index >= 15 is 0 Å². The number of rotatable bonds is 3. The fraction of sp³-hybridized carbons (Fsp3) is 0.286. The molecule has 1 aliphatic heterocycles. The Bertz CT molecular complexity index is 731. The van der Waals surface area contributed by atoms with Crippen molar-refractivity contribution in [2.24, 2.45) is 5.73 Å². The number of nitrogens with two attached hydrogens (primary N) is 1. The van der Waals surface area contributed by atoms with E-state index in [1.807, 2.05) is 12.1 Å². The summed E-state index contributed by atoms with van der Waals surface area (Å²) in [4.78, 5) is 32.7. The smallest absolute Gasteiger partial charge is 0.374 e. The lowest BCUT2D eigenvalue weighted by molar-refractivity contribution is -0.119. The van der Waals surface area contributed by atoms with Crippen molar-refractivity contribution in [1.29, 1.82) is 0 Å². The molecule has 2 aromatic rings. The first-order valence-corrected chi connectivity index (χ1v) is 6.64. The maximum atomic E-state index is 11.6. The van der Waals surface area contributed by atoms with Gasteiger partial charge in [-0.1, -0.05) is 12.1 Å². The number of amides is 1. The van der Waals surface area contributed by atoms with Gasteiger partial charge in [0.1, 0.15) is 11.9 Å². The lowest BCUT2D eigenvalue weighted by atomic mass is 10.2. The molecule has 3 rings (SSSR count). The predicted molar refractivity (Wildman–Crippen MR) is 76.1 cm³/mol. The summed E-state index contributed by atoms with van der Waals surface area (Å²) in [5.41, 5.74) is 5.96. The lowest BCUT2D eigenvalue weighted by Gasteiger charge is -2.24. The Kier molecular flexibility index (Phi) is 3.17. The topological polar surface area (TPSA) is 109 Å². The fourth-order valence-electron chi connectivity index (χ4n) is 2.69. The zero-order valence-corrected chi connectivity index (χ0v) is 11.2. The number of anilines is 1. The van der Waals surface area contributed by atoms with Gasteiger partial charge in [-0.05, 0) is 25.0 Å². The van der Waals surface area contributed by atoms with E-state index in [9.17, 15) is 9.59 Å². The van der Waals surface area contributed by atoms with Crippen LogP contribution < -0.4 is 10.6 Å². The quantitative estimate of drug-likeness (QED) is 0.863. The molecule has 1 aromatic heterocycles. The number of carbonyl (C=O) groups excluding carboxylic acids is 1. The second-order valence-corrected chi connectivity index (χ2v) is 4.95. The zero-order valence-electron chi connectivity index (χ0n) is 11.2. The van der Waals surface area contributed by atoms with Crippen LogP contribution in [-0.2, 0) is 4.79 Å². The molecule has 7 heteroatoms. The molecule has 0 aliphatic carbocycles. The summed E-state index contributed by atoms with van der Waals surface area (Å²) < 4.78 is 0. The number of carboxylic acid groups (broad SMARTS) is 1. The summed E-state index contributed by atoms with van der Waals surface area (Å²) in [5, 5.41) is 9.87. The molecule has 1 fully saturated rings. The van der Waals surface area contributed by atoms with Crippen molar-refractivity contribution in [3.8, 4) is 0 Å². The van der Waals surface area contributed by atoms with Gasteiger partial charge in [-0.15, -0.1) is 0 Å². The largest absolute Gasteiger partial charge is 0.475 e. The number of hydrogen-bond acceptors (Lipinski definition) is 5. The van der Waals surface area contributed by atoms with E-state index in [4.69, 9.17) is 10.8 Å². The minimum absolute atomic E-state index is 0.279. The van der Waals surface area contributed by atoms with Crippen molar-refractivity contribution in [2.75, 3.05) is 11.4 Å². The highest BCUT2D eigenvalue weighted by molar-refractivity contribution is 5.95. The van der Waals surface area contributed by atoms with E-state index in [-0.39, 0.29) is 5.82 Å². The third-order valence-electron chi connectivity index (χ3n) is 3.63.